The lowest BCUT2D eigenvalue weighted by Crippen LogP contribution is -2.10. The van der Waals surface area contributed by atoms with Crippen molar-refractivity contribution in [1.29, 1.82) is 0 Å². The summed E-state index contributed by atoms with van der Waals surface area (Å²) in [6.45, 7) is 4.27. The molecule has 0 saturated carbocycles. The van der Waals surface area contributed by atoms with Crippen molar-refractivity contribution in [2.45, 2.75) is 32.5 Å². The van der Waals surface area contributed by atoms with Crippen LogP contribution in [0.1, 0.15) is 37.5 Å². The van der Waals surface area contributed by atoms with Gasteiger partial charge in [0.2, 0.25) is 0 Å². The van der Waals surface area contributed by atoms with Crippen molar-refractivity contribution >= 4 is 6.08 Å². The molecule has 0 bridgehead atoms. The van der Waals surface area contributed by atoms with Crippen LogP contribution in [0.2, 0.25) is 0 Å². The Bertz CT molecular complexity index is 341. The van der Waals surface area contributed by atoms with Crippen molar-refractivity contribution < 1.29 is 4.74 Å². The zero-order valence-corrected chi connectivity index (χ0v) is 8.73. The predicted octanol–water partition coefficient (Wildman–Crippen LogP) is 3.57. The van der Waals surface area contributed by atoms with E-state index in [1.165, 1.54) is 11.1 Å². The van der Waals surface area contributed by atoms with Crippen LogP contribution in [-0.4, -0.2) is 6.10 Å². The molecule has 1 aliphatic rings. The van der Waals surface area contributed by atoms with E-state index in [1.807, 2.05) is 0 Å². The second kappa shape index (κ2) is 3.97. The van der Waals surface area contributed by atoms with Crippen LogP contribution < -0.4 is 0 Å². The zero-order valence-electron chi connectivity index (χ0n) is 8.73. The van der Waals surface area contributed by atoms with E-state index >= 15 is 0 Å². The minimum atomic E-state index is 0.168. The number of ether oxygens (including phenoxy) is 1. The van der Waals surface area contributed by atoms with E-state index in [4.69, 9.17) is 4.74 Å². The second-order valence-corrected chi connectivity index (χ2v) is 3.76. The van der Waals surface area contributed by atoms with E-state index in [0.717, 1.165) is 6.42 Å². The fraction of sp³-hybridized carbons (Fsp3) is 0.385. The summed E-state index contributed by atoms with van der Waals surface area (Å²) < 4.78 is 5.90. The van der Waals surface area contributed by atoms with Gasteiger partial charge in [0, 0.05) is 0 Å². The largest absolute Gasteiger partial charge is 0.366 e. The van der Waals surface area contributed by atoms with Crippen LogP contribution in [0.4, 0.5) is 0 Å². The molecule has 1 heteroatoms. The SMILES string of the molecule is CCC(C)OC1C=Cc2ccccc21. The van der Waals surface area contributed by atoms with Gasteiger partial charge in [0.25, 0.3) is 0 Å². The average molecular weight is 188 g/mol. The number of hydrogen-bond donors (Lipinski definition) is 0. The average Bonchev–Trinajstić information content (AvgIpc) is 2.62. The first-order chi connectivity index (χ1) is 6.81. The van der Waals surface area contributed by atoms with E-state index in [0.29, 0.717) is 6.10 Å². The number of hydrogen-bond acceptors (Lipinski definition) is 1. The first kappa shape index (κ1) is 9.47. The highest BCUT2D eigenvalue weighted by Crippen LogP contribution is 2.31. The molecule has 1 aromatic rings. The van der Waals surface area contributed by atoms with Gasteiger partial charge in [-0.3, -0.25) is 0 Å². The van der Waals surface area contributed by atoms with Gasteiger partial charge in [-0.15, -0.1) is 0 Å². The van der Waals surface area contributed by atoms with Crippen LogP contribution in [0.3, 0.4) is 0 Å². The van der Waals surface area contributed by atoms with Gasteiger partial charge in [-0.25, -0.2) is 0 Å². The molecule has 1 aromatic carbocycles. The van der Waals surface area contributed by atoms with E-state index in [1.54, 1.807) is 0 Å². The third-order valence-electron chi connectivity index (χ3n) is 2.71. The van der Waals surface area contributed by atoms with Gasteiger partial charge in [-0.2, -0.15) is 0 Å². The van der Waals surface area contributed by atoms with E-state index in [2.05, 4.69) is 50.3 Å². The molecule has 14 heavy (non-hydrogen) atoms. The summed E-state index contributed by atoms with van der Waals surface area (Å²) >= 11 is 0. The number of rotatable bonds is 3. The molecule has 0 aliphatic heterocycles. The van der Waals surface area contributed by atoms with Crippen LogP contribution in [0, 0.1) is 0 Å². The summed E-state index contributed by atoms with van der Waals surface area (Å²) in [7, 11) is 0. The molecule has 0 heterocycles. The molecule has 1 nitrogen and oxygen atoms in total. The lowest BCUT2D eigenvalue weighted by molar-refractivity contribution is 0.0232. The van der Waals surface area contributed by atoms with Crippen molar-refractivity contribution in [2.75, 3.05) is 0 Å². The highest BCUT2D eigenvalue weighted by atomic mass is 16.5. The summed E-state index contributed by atoms with van der Waals surface area (Å²) in [4.78, 5) is 0. The molecular weight excluding hydrogens is 172 g/mol. The lowest BCUT2D eigenvalue weighted by Gasteiger charge is -2.17. The van der Waals surface area contributed by atoms with Crippen LogP contribution in [0.15, 0.2) is 30.3 Å². The van der Waals surface area contributed by atoms with Crippen LogP contribution in [-0.2, 0) is 4.74 Å². The summed E-state index contributed by atoms with van der Waals surface area (Å²) in [5, 5.41) is 0. The Kier molecular flexibility index (Phi) is 2.69. The third-order valence-corrected chi connectivity index (χ3v) is 2.71. The smallest absolute Gasteiger partial charge is 0.102 e. The molecule has 0 aromatic heterocycles. The minimum Gasteiger partial charge on any atom is -0.366 e. The van der Waals surface area contributed by atoms with Crippen molar-refractivity contribution in [3.8, 4) is 0 Å². The summed E-state index contributed by atoms with van der Waals surface area (Å²) in [6.07, 6.45) is 5.84. The third kappa shape index (κ3) is 1.73. The van der Waals surface area contributed by atoms with Crippen LogP contribution in [0.25, 0.3) is 6.08 Å². The molecule has 74 valence electrons. The summed E-state index contributed by atoms with van der Waals surface area (Å²) in [6, 6.07) is 8.40. The fourth-order valence-corrected chi connectivity index (χ4v) is 1.68. The van der Waals surface area contributed by atoms with Crippen molar-refractivity contribution in [3.05, 3.63) is 41.5 Å². The molecule has 0 saturated heterocycles. The maximum Gasteiger partial charge on any atom is 0.102 e. The quantitative estimate of drug-likeness (QED) is 0.704. The summed E-state index contributed by atoms with van der Waals surface area (Å²) in [5.74, 6) is 0. The van der Waals surface area contributed by atoms with Gasteiger partial charge in [0.05, 0.1) is 6.10 Å². The Morgan fingerprint density at radius 1 is 1.36 bits per heavy atom. The Hall–Kier alpha value is -1.08. The highest BCUT2D eigenvalue weighted by Gasteiger charge is 2.18. The first-order valence-corrected chi connectivity index (χ1v) is 5.24. The van der Waals surface area contributed by atoms with Crippen molar-refractivity contribution in [3.63, 3.8) is 0 Å². The van der Waals surface area contributed by atoms with E-state index in [9.17, 15) is 0 Å². The van der Waals surface area contributed by atoms with Gasteiger partial charge < -0.3 is 4.74 Å². The van der Waals surface area contributed by atoms with E-state index in [-0.39, 0.29) is 6.10 Å². The van der Waals surface area contributed by atoms with Crippen LogP contribution >= 0.6 is 0 Å². The normalized spacial score (nSPS) is 20.9. The summed E-state index contributed by atoms with van der Waals surface area (Å²) in [5.41, 5.74) is 2.59. The first-order valence-electron chi connectivity index (χ1n) is 5.24. The Balaban J connectivity index is 2.14. The molecular formula is C13H16O. The monoisotopic (exact) mass is 188 g/mol. The van der Waals surface area contributed by atoms with Crippen LogP contribution in [0.5, 0.6) is 0 Å². The Morgan fingerprint density at radius 3 is 2.93 bits per heavy atom. The van der Waals surface area contributed by atoms with Gasteiger partial charge in [-0.05, 0) is 24.5 Å². The molecule has 2 rings (SSSR count). The molecule has 0 N–H and O–H groups in total. The van der Waals surface area contributed by atoms with Gasteiger partial charge in [0.15, 0.2) is 0 Å². The molecule has 0 spiro atoms. The predicted molar refractivity (Wildman–Crippen MR) is 59.1 cm³/mol. The minimum absolute atomic E-state index is 0.168. The molecule has 0 fully saturated rings. The standard InChI is InChI=1S/C13H16O/c1-3-10(2)14-13-9-8-11-6-4-5-7-12(11)13/h4-10,13H,3H2,1-2H3. The Labute approximate surface area is 85.4 Å². The molecule has 1 aliphatic carbocycles. The Morgan fingerprint density at radius 2 is 2.14 bits per heavy atom. The van der Waals surface area contributed by atoms with Crippen molar-refractivity contribution in [2.24, 2.45) is 0 Å². The van der Waals surface area contributed by atoms with Gasteiger partial charge >= 0.3 is 0 Å². The van der Waals surface area contributed by atoms with Gasteiger partial charge in [0.1, 0.15) is 6.10 Å². The zero-order chi connectivity index (χ0) is 9.97. The van der Waals surface area contributed by atoms with Crippen molar-refractivity contribution in [1.82, 2.24) is 0 Å². The number of benzene rings is 1. The molecule has 0 amide bonds. The lowest BCUT2D eigenvalue weighted by atomic mass is 10.1. The number of fused-ring (bicyclic) bond motifs is 1. The highest BCUT2D eigenvalue weighted by molar-refractivity contribution is 5.61. The molecule has 2 unspecified atom stereocenters. The van der Waals surface area contributed by atoms with Gasteiger partial charge in [-0.1, -0.05) is 43.3 Å². The second-order valence-electron chi connectivity index (χ2n) is 3.76. The molecule has 0 radical (unpaired) electrons. The topological polar surface area (TPSA) is 9.23 Å². The van der Waals surface area contributed by atoms with E-state index < -0.39 is 0 Å². The maximum absolute atomic E-state index is 5.90. The molecule has 2 atom stereocenters. The maximum atomic E-state index is 5.90. The fourth-order valence-electron chi connectivity index (χ4n) is 1.68.